The summed E-state index contributed by atoms with van der Waals surface area (Å²) in [5.41, 5.74) is 0.929. The smallest absolute Gasteiger partial charge is 0.336 e. The zero-order valence-electron chi connectivity index (χ0n) is 9.07. The van der Waals surface area contributed by atoms with Gasteiger partial charge < -0.3 is 14.9 Å². The van der Waals surface area contributed by atoms with Crippen molar-refractivity contribution in [3.63, 3.8) is 0 Å². The van der Waals surface area contributed by atoms with Gasteiger partial charge in [0.15, 0.2) is 0 Å². The first kappa shape index (κ1) is 13.1. The van der Waals surface area contributed by atoms with Crippen molar-refractivity contribution in [3.05, 3.63) is 11.1 Å². The topological polar surface area (TPSA) is 66.8 Å². The first-order chi connectivity index (χ1) is 6.40. The van der Waals surface area contributed by atoms with E-state index >= 15 is 0 Å². The van der Waals surface area contributed by atoms with Crippen molar-refractivity contribution >= 4 is 5.97 Å². The number of esters is 1. The standard InChI is InChI=1S/C10H18O4/c1-6(2)9(10(13)14-4)8(12)5-7(3)11/h7-8,11-12H,5H2,1-4H3. The number of allylic oxidation sites excluding steroid dienone is 1. The zero-order valence-corrected chi connectivity index (χ0v) is 9.07. The molecule has 0 aromatic carbocycles. The van der Waals surface area contributed by atoms with Crippen LogP contribution in [0.3, 0.4) is 0 Å². The predicted octanol–water partition coefficient (Wildman–Crippen LogP) is 0.628. The second-order valence-corrected chi connectivity index (χ2v) is 3.51. The van der Waals surface area contributed by atoms with E-state index in [9.17, 15) is 9.90 Å². The Morgan fingerprint density at radius 3 is 2.14 bits per heavy atom. The molecule has 0 aromatic heterocycles. The van der Waals surface area contributed by atoms with Crippen LogP contribution in [0.5, 0.6) is 0 Å². The Kier molecular flexibility index (Phi) is 5.42. The van der Waals surface area contributed by atoms with E-state index < -0.39 is 18.2 Å². The molecule has 82 valence electrons. The summed E-state index contributed by atoms with van der Waals surface area (Å²) in [5.74, 6) is -0.543. The van der Waals surface area contributed by atoms with Crippen molar-refractivity contribution in [3.8, 4) is 0 Å². The van der Waals surface area contributed by atoms with Crippen molar-refractivity contribution in [2.75, 3.05) is 7.11 Å². The van der Waals surface area contributed by atoms with Crippen molar-refractivity contribution in [2.45, 2.75) is 39.4 Å². The van der Waals surface area contributed by atoms with Gasteiger partial charge in [-0.3, -0.25) is 0 Å². The minimum atomic E-state index is -0.965. The van der Waals surface area contributed by atoms with E-state index in [1.165, 1.54) is 7.11 Å². The molecule has 0 saturated carbocycles. The molecule has 0 aliphatic heterocycles. The summed E-state index contributed by atoms with van der Waals surface area (Å²) in [6, 6.07) is 0. The Labute approximate surface area is 84.2 Å². The quantitative estimate of drug-likeness (QED) is 0.518. The summed E-state index contributed by atoms with van der Waals surface area (Å²) in [7, 11) is 1.26. The fourth-order valence-electron chi connectivity index (χ4n) is 1.22. The monoisotopic (exact) mass is 202 g/mol. The van der Waals surface area contributed by atoms with Gasteiger partial charge in [-0.1, -0.05) is 5.57 Å². The first-order valence-electron chi connectivity index (χ1n) is 4.52. The summed E-state index contributed by atoms with van der Waals surface area (Å²) >= 11 is 0. The summed E-state index contributed by atoms with van der Waals surface area (Å²) in [5, 5.41) is 18.7. The number of hydrogen-bond acceptors (Lipinski definition) is 4. The van der Waals surface area contributed by atoms with Gasteiger partial charge >= 0.3 is 5.97 Å². The third-order valence-corrected chi connectivity index (χ3v) is 1.84. The molecule has 4 heteroatoms. The molecule has 2 atom stereocenters. The molecule has 2 unspecified atom stereocenters. The molecule has 0 heterocycles. The number of carbonyl (C=O) groups is 1. The van der Waals surface area contributed by atoms with Crippen LogP contribution in [0.15, 0.2) is 11.1 Å². The lowest BCUT2D eigenvalue weighted by Gasteiger charge is -2.16. The van der Waals surface area contributed by atoms with E-state index in [1.807, 2.05) is 0 Å². The molecule has 0 aliphatic carbocycles. The highest BCUT2D eigenvalue weighted by Gasteiger charge is 2.21. The SMILES string of the molecule is COC(=O)C(=C(C)C)C(O)CC(C)O. The maximum atomic E-state index is 11.3. The van der Waals surface area contributed by atoms with Gasteiger partial charge in [0, 0.05) is 6.42 Å². The van der Waals surface area contributed by atoms with E-state index in [2.05, 4.69) is 4.74 Å². The summed E-state index contributed by atoms with van der Waals surface area (Å²) in [4.78, 5) is 11.3. The van der Waals surface area contributed by atoms with Gasteiger partial charge in [0.25, 0.3) is 0 Å². The van der Waals surface area contributed by atoms with Gasteiger partial charge in [0.1, 0.15) is 0 Å². The van der Waals surface area contributed by atoms with E-state index in [4.69, 9.17) is 5.11 Å². The van der Waals surface area contributed by atoms with Crippen LogP contribution in [0.2, 0.25) is 0 Å². The van der Waals surface area contributed by atoms with Gasteiger partial charge in [-0.25, -0.2) is 4.79 Å². The van der Waals surface area contributed by atoms with Crippen LogP contribution in [0.25, 0.3) is 0 Å². The maximum absolute atomic E-state index is 11.3. The molecule has 0 amide bonds. The number of methoxy groups -OCH3 is 1. The number of rotatable bonds is 4. The van der Waals surface area contributed by atoms with Crippen LogP contribution in [0.1, 0.15) is 27.2 Å². The molecule has 0 aliphatic rings. The van der Waals surface area contributed by atoms with Gasteiger partial charge in [-0.15, -0.1) is 0 Å². The second-order valence-electron chi connectivity index (χ2n) is 3.51. The van der Waals surface area contributed by atoms with Crippen molar-refractivity contribution < 1.29 is 19.7 Å². The summed E-state index contributed by atoms with van der Waals surface area (Å²) in [6.45, 7) is 5.00. The van der Waals surface area contributed by atoms with Crippen LogP contribution in [0, 0.1) is 0 Å². The van der Waals surface area contributed by atoms with Crippen LogP contribution in [-0.4, -0.2) is 35.5 Å². The lowest BCUT2D eigenvalue weighted by Crippen LogP contribution is -2.24. The Balaban J connectivity index is 4.69. The van der Waals surface area contributed by atoms with Crippen LogP contribution >= 0.6 is 0 Å². The number of aliphatic hydroxyl groups is 2. The highest BCUT2D eigenvalue weighted by Crippen LogP contribution is 2.15. The highest BCUT2D eigenvalue weighted by molar-refractivity contribution is 5.90. The molecule has 0 radical (unpaired) electrons. The summed E-state index contributed by atoms with van der Waals surface area (Å²) in [6.07, 6.45) is -1.48. The van der Waals surface area contributed by atoms with E-state index in [0.29, 0.717) is 5.57 Å². The fraction of sp³-hybridized carbons (Fsp3) is 0.700. The van der Waals surface area contributed by atoms with Gasteiger partial charge in [0.2, 0.25) is 0 Å². The third kappa shape index (κ3) is 3.89. The largest absolute Gasteiger partial charge is 0.466 e. The molecule has 14 heavy (non-hydrogen) atoms. The van der Waals surface area contributed by atoms with Crippen molar-refractivity contribution in [2.24, 2.45) is 0 Å². The Bertz CT molecular complexity index is 226. The molecule has 0 saturated heterocycles. The minimum Gasteiger partial charge on any atom is -0.466 e. The molecular formula is C10H18O4. The second kappa shape index (κ2) is 5.78. The number of aliphatic hydroxyl groups excluding tert-OH is 2. The maximum Gasteiger partial charge on any atom is 0.336 e. The molecule has 0 spiro atoms. The number of ether oxygens (including phenoxy) is 1. The lowest BCUT2D eigenvalue weighted by molar-refractivity contribution is -0.137. The average Bonchev–Trinajstić information content (AvgIpc) is 2.01. The van der Waals surface area contributed by atoms with E-state index in [-0.39, 0.29) is 12.0 Å². The fourth-order valence-corrected chi connectivity index (χ4v) is 1.22. The van der Waals surface area contributed by atoms with Crippen molar-refractivity contribution in [1.29, 1.82) is 0 Å². The third-order valence-electron chi connectivity index (χ3n) is 1.84. The first-order valence-corrected chi connectivity index (χ1v) is 4.52. The zero-order chi connectivity index (χ0) is 11.3. The minimum absolute atomic E-state index is 0.135. The van der Waals surface area contributed by atoms with Crippen LogP contribution in [-0.2, 0) is 9.53 Å². The van der Waals surface area contributed by atoms with Gasteiger partial charge in [0.05, 0.1) is 24.9 Å². The van der Waals surface area contributed by atoms with Gasteiger partial charge in [-0.05, 0) is 20.8 Å². The lowest BCUT2D eigenvalue weighted by atomic mass is 10.0. The van der Waals surface area contributed by atoms with E-state index in [1.54, 1.807) is 20.8 Å². The molecule has 0 fully saturated rings. The van der Waals surface area contributed by atoms with E-state index in [0.717, 1.165) is 0 Å². The van der Waals surface area contributed by atoms with Gasteiger partial charge in [-0.2, -0.15) is 0 Å². The Morgan fingerprint density at radius 1 is 1.36 bits per heavy atom. The van der Waals surface area contributed by atoms with Crippen LogP contribution < -0.4 is 0 Å². The van der Waals surface area contributed by atoms with Crippen molar-refractivity contribution in [1.82, 2.24) is 0 Å². The molecule has 4 nitrogen and oxygen atoms in total. The van der Waals surface area contributed by atoms with Crippen LogP contribution in [0.4, 0.5) is 0 Å². The molecule has 2 N–H and O–H groups in total. The normalized spacial score (nSPS) is 14.4. The Morgan fingerprint density at radius 2 is 1.86 bits per heavy atom. The summed E-state index contributed by atoms with van der Waals surface area (Å²) < 4.78 is 4.54. The predicted molar refractivity (Wildman–Crippen MR) is 52.7 cm³/mol. The Hall–Kier alpha value is -0.870. The highest BCUT2D eigenvalue weighted by atomic mass is 16.5. The molecule has 0 aromatic rings. The average molecular weight is 202 g/mol. The number of hydrogen-bond donors (Lipinski definition) is 2. The molecular weight excluding hydrogens is 184 g/mol. The number of carbonyl (C=O) groups excluding carboxylic acids is 1. The molecule has 0 rings (SSSR count). The molecule has 0 bridgehead atoms.